The van der Waals surface area contributed by atoms with Crippen LogP contribution in [0.5, 0.6) is 0 Å². The molecule has 2 rings (SSSR count). The van der Waals surface area contributed by atoms with Crippen molar-refractivity contribution in [2.45, 2.75) is 47.1 Å². The quantitative estimate of drug-likeness (QED) is 0.846. The van der Waals surface area contributed by atoms with E-state index in [0.717, 1.165) is 23.1 Å². The molecule has 0 bridgehead atoms. The summed E-state index contributed by atoms with van der Waals surface area (Å²) < 4.78 is 0. The molecule has 0 saturated carbocycles. The van der Waals surface area contributed by atoms with Gasteiger partial charge in [-0.1, -0.05) is 50.2 Å². The lowest BCUT2D eigenvalue weighted by atomic mass is 9.92. The van der Waals surface area contributed by atoms with Crippen LogP contribution >= 0.6 is 0 Å². The molecule has 112 valence electrons. The van der Waals surface area contributed by atoms with Gasteiger partial charge in [0.05, 0.1) is 0 Å². The molecular weight excluding hydrogens is 256 g/mol. The summed E-state index contributed by atoms with van der Waals surface area (Å²) in [6.45, 7) is 10.7. The van der Waals surface area contributed by atoms with Gasteiger partial charge in [0.2, 0.25) is 0 Å². The lowest BCUT2D eigenvalue weighted by Crippen LogP contribution is -2.04. The van der Waals surface area contributed by atoms with Crippen molar-refractivity contribution in [3.63, 3.8) is 0 Å². The van der Waals surface area contributed by atoms with Gasteiger partial charge in [0, 0.05) is 0 Å². The third-order valence-electron chi connectivity index (χ3n) is 4.09. The average molecular weight is 282 g/mol. The Labute approximate surface area is 128 Å². The first-order valence-electron chi connectivity index (χ1n) is 7.73. The van der Waals surface area contributed by atoms with Gasteiger partial charge in [-0.25, -0.2) is 0 Å². The summed E-state index contributed by atoms with van der Waals surface area (Å²) in [4.78, 5) is 0. The highest BCUT2D eigenvalue weighted by atomic mass is 16.3. The van der Waals surface area contributed by atoms with Crippen LogP contribution in [0.25, 0.3) is 0 Å². The van der Waals surface area contributed by atoms with Gasteiger partial charge < -0.3 is 5.11 Å². The molecule has 0 aliphatic heterocycles. The molecule has 0 heterocycles. The van der Waals surface area contributed by atoms with E-state index >= 15 is 0 Å². The first-order chi connectivity index (χ1) is 9.88. The van der Waals surface area contributed by atoms with Crippen LogP contribution in [0.15, 0.2) is 36.4 Å². The van der Waals surface area contributed by atoms with Gasteiger partial charge in [0.25, 0.3) is 0 Å². The predicted molar refractivity (Wildman–Crippen MR) is 89.7 cm³/mol. The fraction of sp³-hybridized carbons (Fsp3) is 0.400. The molecule has 0 aliphatic carbocycles. The second-order valence-corrected chi connectivity index (χ2v) is 6.54. The second kappa shape index (κ2) is 6.44. The Bertz CT molecular complexity index is 626. The Kier molecular flexibility index (Phi) is 4.84. The highest BCUT2D eigenvalue weighted by molar-refractivity contribution is 5.42. The Hall–Kier alpha value is -1.60. The van der Waals surface area contributed by atoms with Gasteiger partial charge in [0.15, 0.2) is 0 Å². The van der Waals surface area contributed by atoms with Crippen molar-refractivity contribution in [1.29, 1.82) is 0 Å². The fourth-order valence-corrected chi connectivity index (χ4v) is 2.82. The second-order valence-electron chi connectivity index (χ2n) is 6.54. The number of rotatable bonds is 4. The summed E-state index contributed by atoms with van der Waals surface area (Å²) in [5.41, 5.74) is 6.95. The van der Waals surface area contributed by atoms with Gasteiger partial charge in [-0.15, -0.1) is 0 Å². The summed E-state index contributed by atoms with van der Waals surface area (Å²) in [5.74, 6) is 0.626. The number of aryl methyl sites for hydroxylation is 3. The molecule has 0 radical (unpaired) electrons. The topological polar surface area (TPSA) is 20.2 Å². The van der Waals surface area contributed by atoms with Crippen molar-refractivity contribution >= 4 is 0 Å². The van der Waals surface area contributed by atoms with Gasteiger partial charge in [0.1, 0.15) is 6.10 Å². The molecule has 1 atom stereocenters. The predicted octanol–water partition coefficient (Wildman–Crippen LogP) is 4.89. The molecule has 0 fully saturated rings. The van der Waals surface area contributed by atoms with Crippen LogP contribution in [-0.4, -0.2) is 5.11 Å². The standard InChI is InChI=1S/C20H26O/c1-13(2)9-17-7-6-8-18(12-17)20(21)19-11-15(4)14(3)10-16(19)5/h6-8,10-13,20-21H,9H2,1-5H3. The molecule has 2 aromatic carbocycles. The van der Waals surface area contributed by atoms with E-state index in [2.05, 4.69) is 58.9 Å². The molecular formula is C20H26O. The largest absolute Gasteiger partial charge is 0.384 e. The number of hydrogen-bond acceptors (Lipinski definition) is 1. The summed E-state index contributed by atoms with van der Waals surface area (Å²) in [7, 11) is 0. The first kappa shape index (κ1) is 15.8. The molecule has 2 aromatic rings. The molecule has 0 saturated heterocycles. The lowest BCUT2D eigenvalue weighted by molar-refractivity contribution is 0.219. The van der Waals surface area contributed by atoms with Gasteiger partial charge in [-0.3, -0.25) is 0 Å². The van der Waals surface area contributed by atoms with Crippen LogP contribution in [0.2, 0.25) is 0 Å². The number of hydrogen-bond donors (Lipinski definition) is 1. The molecule has 21 heavy (non-hydrogen) atoms. The zero-order valence-corrected chi connectivity index (χ0v) is 13.8. The molecule has 0 amide bonds. The highest BCUT2D eigenvalue weighted by Gasteiger charge is 2.14. The fourth-order valence-electron chi connectivity index (χ4n) is 2.82. The van der Waals surface area contributed by atoms with Crippen molar-refractivity contribution in [2.75, 3.05) is 0 Å². The van der Waals surface area contributed by atoms with E-state index in [1.54, 1.807) is 0 Å². The van der Waals surface area contributed by atoms with Crippen LogP contribution in [0.3, 0.4) is 0 Å². The minimum absolute atomic E-state index is 0.545. The zero-order chi connectivity index (χ0) is 15.6. The van der Waals surface area contributed by atoms with E-state index in [4.69, 9.17) is 0 Å². The van der Waals surface area contributed by atoms with Crippen molar-refractivity contribution < 1.29 is 5.11 Å². The first-order valence-corrected chi connectivity index (χ1v) is 7.73. The van der Waals surface area contributed by atoms with Gasteiger partial charge in [-0.2, -0.15) is 0 Å². The molecule has 1 nitrogen and oxygen atoms in total. The van der Waals surface area contributed by atoms with E-state index in [-0.39, 0.29) is 0 Å². The number of benzene rings is 2. The van der Waals surface area contributed by atoms with E-state index in [0.29, 0.717) is 5.92 Å². The summed E-state index contributed by atoms with van der Waals surface area (Å²) in [5, 5.41) is 10.7. The molecule has 1 heteroatoms. The Morgan fingerprint density at radius 2 is 1.57 bits per heavy atom. The van der Waals surface area contributed by atoms with E-state index < -0.39 is 6.10 Å². The third kappa shape index (κ3) is 3.74. The van der Waals surface area contributed by atoms with Crippen LogP contribution in [0.1, 0.15) is 53.3 Å². The van der Waals surface area contributed by atoms with Crippen molar-refractivity contribution in [3.8, 4) is 0 Å². The highest BCUT2D eigenvalue weighted by Crippen LogP contribution is 2.28. The van der Waals surface area contributed by atoms with Crippen LogP contribution in [0, 0.1) is 26.7 Å². The SMILES string of the molecule is Cc1cc(C)c(C(O)c2cccc(CC(C)C)c2)cc1C. The maximum atomic E-state index is 10.7. The van der Waals surface area contributed by atoms with E-state index in [1.165, 1.54) is 16.7 Å². The van der Waals surface area contributed by atoms with Crippen molar-refractivity contribution in [1.82, 2.24) is 0 Å². The Morgan fingerprint density at radius 3 is 2.24 bits per heavy atom. The maximum absolute atomic E-state index is 10.7. The number of aliphatic hydroxyl groups excluding tert-OH is 1. The molecule has 1 N–H and O–H groups in total. The average Bonchev–Trinajstić information content (AvgIpc) is 2.41. The third-order valence-corrected chi connectivity index (χ3v) is 4.09. The van der Waals surface area contributed by atoms with Gasteiger partial charge >= 0.3 is 0 Å². The monoisotopic (exact) mass is 282 g/mol. The van der Waals surface area contributed by atoms with Crippen molar-refractivity contribution in [2.24, 2.45) is 5.92 Å². The smallest absolute Gasteiger partial charge is 0.104 e. The minimum atomic E-state index is -0.545. The maximum Gasteiger partial charge on any atom is 0.104 e. The normalized spacial score (nSPS) is 12.7. The van der Waals surface area contributed by atoms with E-state index in [1.807, 2.05) is 12.1 Å². The zero-order valence-electron chi connectivity index (χ0n) is 13.8. The molecule has 0 aliphatic rings. The summed E-state index contributed by atoms with van der Waals surface area (Å²) in [6, 6.07) is 12.6. The minimum Gasteiger partial charge on any atom is -0.384 e. The van der Waals surface area contributed by atoms with E-state index in [9.17, 15) is 5.11 Å². The van der Waals surface area contributed by atoms with Crippen LogP contribution < -0.4 is 0 Å². The Morgan fingerprint density at radius 1 is 0.905 bits per heavy atom. The van der Waals surface area contributed by atoms with Crippen LogP contribution in [-0.2, 0) is 6.42 Å². The Balaban J connectivity index is 2.36. The molecule has 1 unspecified atom stereocenters. The van der Waals surface area contributed by atoms with Crippen LogP contribution in [0.4, 0.5) is 0 Å². The van der Waals surface area contributed by atoms with Crippen molar-refractivity contribution in [3.05, 3.63) is 69.8 Å². The van der Waals surface area contributed by atoms with Gasteiger partial charge in [-0.05, 0) is 66.5 Å². The summed E-state index contributed by atoms with van der Waals surface area (Å²) >= 11 is 0. The lowest BCUT2D eigenvalue weighted by Gasteiger charge is -2.17. The summed E-state index contributed by atoms with van der Waals surface area (Å²) in [6.07, 6.45) is 0.503. The number of aliphatic hydroxyl groups is 1. The molecule has 0 spiro atoms. The molecule has 0 aromatic heterocycles.